The summed E-state index contributed by atoms with van der Waals surface area (Å²) in [5.41, 5.74) is 8.60. The Hall–Kier alpha value is -2.62. The number of amides is 2. The van der Waals surface area contributed by atoms with Crippen LogP contribution in [0.3, 0.4) is 0 Å². The van der Waals surface area contributed by atoms with Crippen LogP contribution >= 0.6 is 0 Å². The first-order valence-electron chi connectivity index (χ1n) is 10.7. The van der Waals surface area contributed by atoms with Gasteiger partial charge < -0.3 is 10.6 Å². The van der Waals surface area contributed by atoms with Crippen LogP contribution in [0.5, 0.6) is 0 Å². The average molecular weight is 393 g/mol. The van der Waals surface area contributed by atoms with Crippen molar-refractivity contribution in [1.29, 1.82) is 0 Å². The molecule has 0 aliphatic carbocycles. The van der Waals surface area contributed by atoms with Crippen molar-refractivity contribution < 1.29 is 9.59 Å². The van der Waals surface area contributed by atoms with Gasteiger partial charge in [-0.1, -0.05) is 68.4 Å². The van der Waals surface area contributed by atoms with Crippen molar-refractivity contribution in [2.75, 3.05) is 13.1 Å². The Morgan fingerprint density at radius 1 is 1.03 bits per heavy atom. The van der Waals surface area contributed by atoms with E-state index in [1.54, 1.807) is 0 Å². The van der Waals surface area contributed by atoms with E-state index < -0.39 is 5.41 Å². The second kappa shape index (κ2) is 9.25. The Kier molecular flexibility index (Phi) is 6.73. The first kappa shape index (κ1) is 21.1. The fraction of sp³-hybridized carbons (Fsp3) is 0.440. The topological polar surface area (TPSA) is 63.4 Å². The van der Waals surface area contributed by atoms with Gasteiger partial charge in [0.15, 0.2) is 0 Å². The van der Waals surface area contributed by atoms with Gasteiger partial charge in [0, 0.05) is 19.0 Å². The number of rotatable bonds is 7. The number of benzene rings is 2. The molecule has 2 aromatic rings. The number of hydrogen-bond acceptors (Lipinski definition) is 2. The largest absolute Gasteiger partial charge is 0.369 e. The van der Waals surface area contributed by atoms with Crippen molar-refractivity contribution in [1.82, 2.24) is 4.90 Å². The van der Waals surface area contributed by atoms with Gasteiger partial charge >= 0.3 is 0 Å². The minimum Gasteiger partial charge on any atom is -0.369 e. The van der Waals surface area contributed by atoms with Gasteiger partial charge in [0.1, 0.15) is 0 Å². The quantitative estimate of drug-likeness (QED) is 0.758. The maximum Gasteiger partial charge on any atom is 0.225 e. The molecule has 0 radical (unpaired) electrons. The summed E-state index contributed by atoms with van der Waals surface area (Å²) in [5, 5.41) is 0. The number of carbonyl (C=O) groups excluding carboxylic acids is 2. The van der Waals surface area contributed by atoms with Crippen LogP contribution in [0.1, 0.15) is 45.1 Å². The standard InChI is InChI=1S/C25H32N2O2/c1-3-19(4-2)23(28)27-16-10-15-25(18-27,24(26)29)17-21-13-8-9-14-22(21)20-11-6-5-7-12-20/h5-9,11-14,19H,3-4,10,15-18H2,1-2H3,(H2,26,29). The zero-order valence-corrected chi connectivity index (χ0v) is 17.6. The molecular formula is C25H32N2O2. The number of piperidine rings is 1. The molecule has 2 N–H and O–H groups in total. The van der Waals surface area contributed by atoms with E-state index in [1.807, 2.05) is 49.1 Å². The van der Waals surface area contributed by atoms with E-state index in [4.69, 9.17) is 5.73 Å². The maximum atomic E-state index is 13.0. The van der Waals surface area contributed by atoms with Crippen molar-refractivity contribution >= 4 is 11.8 Å². The molecule has 0 bridgehead atoms. The smallest absolute Gasteiger partial charge is 0.225 e. The molecule has 2 amide bonds. The third kappa shape index (κ3) is 4.52. The molecule has 154 valence electrons. The van der Waals surface area contributed by atoms with Crippen molar-refractivity contribution in [3.63, 3.8) is 0 Å². The number of primary amides is 1. The van der Waals surface area contributed by atoms with Crippen LogP contribution in [0, 0.1) is 11.3 Å². The molecule has 3 rings (SSSR count). The van der Waals surface area contributed by atoms with Gasteiger partial charge in [-0.25, -0.2) is 0 Å². The van der Waals surface area contributed by atoms with Crippen LogP contribution in [-0.2, 0) is 16.0 Å². The van der Waals surface area contributed by atoms with Gasteiger partial charge in [-0.3, -0.25) is 9.59 Å². The SMILES string of the molecule is CCC(CC)C(=O)N1CCCC(Cc2ccccc2-c2ccccc2)(C(N)=O)C1. The van der Waals surface area contributed by atoms with E-state index in [2.05, 4.69) is 24.3 Å². The summed E-state index contributed by atoms with van der Waals surface area (Å²) in [4.78, 5) is 27.6. The Balaban J connectivity index is 1.91. The Bertz CT molecular complexity index is 845. The minimum absolute atomic E-state index is 0.0234. The summed E-state index contributed by atoms with van der Waals surface area (Å²) in [6.07, 6.45) is 3.74. The Morgan fingerprint density at radius 2 is 1.69 bits per heavy atom. The number of likely N-dealkylation sites (tertiary alicyclic amines) is 1. The Labute approximate surface area is 174 Å². The zero-order valence-electron chi connectivity index (χ0n) is 17.6. The van der Waals surface area contributed by atoms with Crippen LogP contribution < -0.4 is 5.73 Å². The molecule has 1 unspecified atom stereocenters. The molecule has 1 saturated heterocycles. The lowest BCUT2D eigenvalue weighted by Crippen LogP contribution is -2.54. The third-order valence-electron chi connectivity index (χ3n) is 6.38. The molecule has 29 heavy (non-hydrogen) atoms. The summed E-state index contributed by atoms with van der Waals surface area (Å²) in [6.45, 7) is 5.23. The highest BCUT2D eigenvalue weighted by atomic mass is 16.2. The minimum atomic E-state index is -0.717. The highest BCUT2D eigenvalue weighted by Crippen LogP contribution is 2.37. The van der Waals surface area contributed by atoms with Gasteiger partial charge in [-0.2, -0.15) is 0 Å². The average Bonchev–Trinajstić information content (AvgIpc) is 2.75. The molecule has 0 aromatic heterocycles. The van der Waals surface area contributed by atoms with Crippen LogP contribution in [0.15, 0.2) is 54.6 Å². The van der Waals surface area contributed by atoms with E-state index in [9.17, 15) is 9.59 Å². The molecule has 1 fully saturated rings. The molecule has 4 nitrogen and oxygen atoms in total. The van der Waals surface area contributed by atoms with Crippen molar-refractivity contribution in [2.24, 2.45) is 17.1 Å². The lowest BCUT2D eigenvalue weighted by Gasteiger charge is -2.42. The number of hydrogen-bond donors (Lipinski definition) is 1. The summed E-state index contributed by atoms with van der Waals surface area (Å²) >= 11 is 0. The van der Waals surface area contributed by atoms with Crippen LogP contribution in [-0.4, -0.2) is 29.8 Å². The van der Waals surface area contributed by atoms with Gasteiger partial charge in [-0.05, 0) is 48.8 Å². The predicted molar refractivity (Wildman–Crippen MR) is 117 cm³/mol. The van der Waals surface area contributed by atoms with Gasteiger partial charge in [0.05, 0.1) is 5.41 Å². The van der Waals surface area contributed by atoms with Crippen molar-refractivity contribution in [3.05, 3.63) is 60.2 Å². The molecule has 1 heterocycles. The Morgan fingerprint density at radius 3 is 2.34 bits per heavy atom. The zero-order chi connectivity index (χ0) is 20.9. The van der Waals surface area contributed by atoms with E-state index in [-0.39, 0.29) is 17.7 Å². The molecule has 1 atom stereocenters. The summed E-state index contributed by atoms with van der Waals surface area (Å²) in [6, 6.07) is 18.4. The van der Waals surface area contributed by atoms with Crippen molar-refractivity contribution in [2.45, 2.75) is 46.0 Å². The number of carbonyl (C=O) groups is 2. The predicted octanol–water partition coefficient (Wildman–Crippen LogP) is 4.43. The molecule has 0 saturated carbocycles. The molecule has 2 aromatic carbocycles. The third-order valence-corrected chi connectivity index (χ3v) is 6.38. The number of nitrogens with zero attached hydrogens (tertiary/aromatic N) is 1. The fourth-order valence-electron chi connectivity index (χ4n) is 4.59. The summed E-state index contributed by atoms with van der Waals surface area (Å²) in [7, 11) is 0. The lowest BCUT2D eigenvalue weighted by molar-refractivity contribution is -0.143. The molecule has 4 heteroatoms. The summed E-state index contributed by atoms with van der Waals surface area (Å²) in [5.74, 6) is -0.116. The number of nitrogens with two attached hydrogens (primary N) is 1. The van der Waals surface area contributed by atoms with Gasteiger partial charge in [0.2, 0.25) is 11.8 Å². The van der Waals surface area contributed by atoms with E-state index in [0.29, 0.717) is 19.5 Å². The maximum absolute atomic E-state index is 13.0. The van der Waals surface area contributed by atoms with Gasteiger partial charge in [0.25, 0.3) is 0 Å². The normalized spacial score (nSPS) is 19.3. The van der Waals surface area contributed by atoms with E-state index in [0.717, 1.165) is 42.4 Å². The van der Waals surface area contributed by atoms with E-state index >= 15 is 0 Å². The van der Waals surface area contributed by atoms with Crippen molar-refractivity contribution in [3.8, 4) is 11.1 Å². The van der Waals surface area contributed by atoms with Crippen LogP contribution in [0.25, 0.3) is 11.1 Å². The lowest BCUT2D eigenvalue weighted by atomic mass is 9.73. The first-order valence-corrected chi connectivity index (χ1v) is 10.7. The second-order valence-electron chi connectivity index (χ2n) is 8.22. The molecule has 0 spiro atoms. The molecule has 1 aliphatic heterocycles. The highest BCUT2D eigenvalue weighted by molar-refractivity contribution is 5.84. The van der Waals surface area contributed by atoms with Crippen LogP contribution in [0.4, 0.5) is 0 Å². The molecule has 1 aliphatic rings. The van der Waals surface area contributed by atoms with Crippen LogP contribution in [0.2, 0.25) is 0 Å². The summed E-state index contributed by atoms with van der Waals surface area (Å²) < 4.78 is 0. The monoisotopic (exact) mass is 392 g/mol. The van der Waals surface area contributed by atoms with E-state index in [1.165, 1.54) is 0 Å². The first-order chi connectivity index (χ1) is 14.0. The molecular weight excluding hydrogens is 360 g/mol. The van der Waals surface area contributed by atoms with Gasteiger partial charge in [-0.15, -0.1) is 0 Å². The second-order valence-corrected chi connectivity index (χ2v) is 8.22. The highest BCUT2D eigenvalue weighted by Gasteiger charge is 2.43. The fourth-order valence-corrected chi connectivity index (χ4v) is 4.59.